The number of nitrogens with two attached hydrogens (primary N) is 1. The van der Waals surface area contributed by atoms with Gasteiger partial charge in [0.25, 0.3) is 0 Å². The summed E-state index contributed by atoms with van der Waals surface area (Å²) >= 11 is 7.66. The summed E-state index contributed by atoms with van der Waals surface area (Å²) in [7, 11) is 0. The smallest absolute Gasteiger partial charge is 0.240 e. The first-order valence-electron chi connectivity index (χ1n) is 5.78. The van der Waals surface area contributed by atoms with Crippen LogP contribution in [0.1, 0.15) is 12.8 Å². The van der Waals surface area contributed by atoms with Gasteiger partial charge in [-0.15, -0.1) is 0 Å². The molecular formula is C12H12ClN3OS. The Morgan fingerprint density at radius 3 is 3.11 bits per heavy atom. The third kappa shape index (κ3) is 1.83. The maximum atomic E-state index is 11.4. The molecule has 0 bridgehead atoms. The van der Waals surface area contributed by atoms with E-state index in [9.17, 15) is 4.79 Å². The van der Waals surface area contributed by atoms with Crippen molar-refractivity contribution >= 4 is 44.2 Å². The number of rotatable bonds is 2. The quantitative estimate of drug-likeness (QED) is 0.919. The fourth-order valence-electron chi connectivity index (χ4n) is 2.32. The molecule has 2 heterocycles. The van der Waals surface area contributed by atoms with E-state index in [2.05, 4.69) is 4.98 Å². The average molecular weight is 282 g/mol. The van der Waals surface area contributed by atoms with E-state index in [-0.39, 0.29) is 11.9 Å². The first-order valence-corrected chi connectivity index (χ1v) is 6.97. The van der Waals surface area contributed by atoms with Gasteiger partial charge in [0.15, 0.2) is 5.13 Å². The summed E-state index contributed by atoms with van der Waals surface area (Å²) in [4.78, 5) is 17.9. The molecule has 1 aliphatic rings. The van der Waals surface area contributed by atoms with Crippen LogP contribution in [-0.4, -0.2) is 23.5 Å². The second kappa shape index (κ2) is 4.40. The van der Waals surface area contributed by atoms with Crippen LogP contribution in [0.15, 0.2) is 18.2 Å². The number of carbonyl (C=O) groups is 1. The minimum absolute atomic E-state index is 0.232. The van der Waals surface area contributed by atoms with E-state index in [4.69, 9.17) is 17.3 Å². The van der Waals surface area contributed by atoms with Gasteiger partial charge in [-0.2, -0.15) is 0 Å². The van der Waals surface area contributed by atoms with Crippen molar-refractivity contribution in [2.75, 3.05) is 11.4 Å². The lowest BCUT2D eigenvalue weighted by atomic mass is 10.2. The predicted molar refractivity (Wildman–Crippen MR) is 74.2 cm³/mol. The number of aromatic nitrogens is 1. The fourth-order valence-corrected chi connectivity index (χ4v) is 3.66. The van der Waals surface area contributed by atoms with Crippen molar-refractivity contribution in [2.24, 2.45) is 5.73 Å². The molecule has 2 N–H and O–H groups in total. The zero-order valence-electron chi connectivity index (χ0n) is 9.60. The van der Waals surface area contributed by atoms with Gasteiger partial charge in [0.05, 0.1) is 9.72 Å². The van der Waals surface area contributed by atoms with Crippen molar-refractivity contribution in [2.45, 2.75) is 18.9 Å². The maximum absolute atomic E-state index is 11.4. The number of fused-ring (bicyclic) bond motifs is 1. The van der Waals surface area contributed by atoms with Crippen LogP contribution in [0.4, 0.5) is 5.13 Å². The number of nitrogens with zero attached hydrogens (tertiary/aromatic N) is 2. The molecule has 1 fully saturated rings. The van der Waals surface area contributed by atoms with E-state index in [1.807, 2.05) is 23.1 Å². The Bertz CT molecular complexity index is 612. The number of carbonyl (C=O) groups excluding carboxylic acids is 1. The van der Waals surface area contributed by atoms with E-state index >= 15 is 0 Å². The van der Waals surface area contributed by atoms with Crippen molar-refractivity contribution in [3.8, 4) is 0 Å². The summed E-state index contributed by atoms with van der Waals surface area (Å²) in [5.74, 6) is -0.280. The van der Waals surface area contributed by atoms with Gasteiger partial charge < -0.3 is 10.6 Å². The summed E-state index contributed by atoms with van der Waals surface area (Å²) in [5, 5.41) is 1.48. The molecule has 18 heavy (non-hydrogen) atoms. The van der Waals surface area contributed by atoms with E-state index in [0.717, 1.165) is 34.7 Å². The van der Waals surface area contributed by atoms with Crippen molar-refractivity contribution < 1.29 is 4.79 Å². The Hall–Kier alpha value is -1.33. The molecule has 1 amide bonds. The van der Waals surface area contributed by atoms with Crippen molar-refractivity contribution in [3.63, 3.8) is 0 Å². The third-order valence-corrected chi connectivity index (χ3v) is 4.55. The summed E-state index contributed by atoms with van der Waals surface area (Å²) in [6.45, 7) is 0.824. The van der Waals surface area contributed by atoms with Gasteiger partial charge >= 0.3 is 0 Å². The number of halogens is 1. The molecule has 1 saturated heterocycles. The molecule has 0 radical (unpaired) electrons. The summed E-state index contributed by atoms with van der Waals surface area (Å²) in [6, 6.07) is 5.48. The SMILES string of the molecule is NC(=O)C1CCCN1c1nc2c(Cl)cccc2s1. The lowest BCUT2D eigenvalue weighted by Crippen LogP contribution is -2.40. The number of primary amides is 1. The maximum Gasteiger partial charge on any atom is 0.240 e. The normalized spacial score (nSPS) is 19.6. The molecule has 1 aliphatic heterocycles. The lowest BCUT2D eigenvalue weighted by Gasteiger charge is -2.20. The average Bonchev–Trinajstić information content (AvgIpc) is 2.95. The van der Waals surface area contributed by atoms with Crippen molar-refractivity contribution in [1.82, 2.24) is 4.98 Å². The van der Waals surface area contributed by atoms with Gasteiger partial charge in [-0.3, -0.25) is 4.79 Å². The van der Waals surface area contributed by atoms with Crippen LogP contribution in [0.5, 0.6) is 0 Å². The standard InChI is InChI=1S/C12H12ClN3OS/c13-7-3-1-5-9-10(7)15-12(18-9)16-6-2-4-8(16)11(14)17/h1,3,5,8H,2,4,6H2,(H2,14,17). The zero-order chi connectivity index (χ0) is 12.7. The van der Waals surface area contributed by atoms with Crippen LogP contribution < -0.4 is 10.6 Å². The molecule has 0 spiro atoms. The number of thiazole rings is 1. The van der Waals surface area contributed by atoms with Gasteiger partial charge in [-0.1, -0.05) is 29.0 Å². The molecule has 1 aromatic carbocycles. The monoisotopic (exact) mass is 281 g/mol. The Kier molecular flexibility index (Phi) is 2.87. The van der Waals surface area contributed by atoms with Gasteiger partial charge in [0.2, 0.25) is 5.91 Å². The summed E-state index contributed by atoms with van der Waals surface area (Å²) < 4.78 is 1.03. The molecule has 94 valence electrons. The molecule has 3 rings (SSSR count). The van der Waals surface area contributed by atoms with E-state index < -0.39 is 0 Å². The van der Waals surface area contributed by atoms with Gasteiger partial charge in [-0.05, 0) is 25.0 Å². The number of benzene rings is 1. The summed E-state index contributed by atoms with van der Waals surface area (Å²) in [6.07, 6.45) is 1.77. The second-order valence-corrected chi connectivity index (χ2v) is 5.75. The fraction of sp³-hybridized carbons (Fsp3) is 0.333. The van der Waals surface area contributed by atoms with Gasteiger partial charge in [0.1, 0.15) is 11.6 Å². The van der Waals surface area contributed by atoms with Crippen molar-refractivity contribution in [1.29, 1.82) is 0 Å². The molecule has 4 nitrogen and oxygen atoms in total. The Labute approximate surface area is 113 Å². The van der Waals surface area contributed by atoms with Crippen LogP contribution in [0, 0.1) is 0 Å². The predicted octanol–water partition coefficient (Wildman–Crippen LogP) is 2.40. The highest BCUT2D eigenvalue weighted by atomic mass is 35.5. The molecule has 1 atom stereocenters. The number of hydrogen-bond acceptors (Lipinski definition) is 4. The number of amides is 1. The Morgan fingerprint density at radius 1 is 1.56 bits per heavy atom. The highest BCUT2D eigenvalue weighted by Crippen LogP contribution is 2.35. The van der Waals surface area contributed by atoms with Crippen LogP contribution in [-0.2, 0) is 4.79 Å². The highest BCUT2D eigenvalue weighted by Gasteiger charge is 2.31. The van der Waals surface area contributed by atoms with Crippen LogP contribution in [0.2, 0.25) is 5.02 Å². The number of anilines is 1. The molecular weight excluding hydrogens is 270 g/mol. The lowest BCUT2D eigenvalue weighted by molar-refractivity contribution is -0.119. The van der Waals surface area contributed by atoms with Gasteiger partial charge in [-0.25, -0.2) is 4.98 Å². The molecule has 2 aromatic rings. The molecule has 1 aromatic heterocycles. The van der Waals surface area contributed by atoms with E-state index in [1.54, 1.807) is 11.3 Å². The van der Waals surface area contributed by atoms with E-state index in [0.29, 0.717) is 5.02 Å². The van der Waals surface area contributed by atoms with Gasteiger partial charge in [0, 0.05) is 6.54 Å². The number of hydrogen-bond donors (Lipinski definition) is 1. The zero-order valence-corrected chi connectivity index (χ0v) is 11.2. The molecule has 0 saturated carbocycles. The molecule has 1 unspecified atom stereocenters. The minimum Gasteiger partial charge on any atom is -0.368 e. The molecule has 6 heteroatoms. The topological polar surface area (TPSA) is 59.2 Å². The van der Waals surface area contributed by atoms with E-state index in [1.165, 1.54) is 0 Å². The Morgan fingerprint density at radius 2 is 2.39 bits per heavy atom. The third-order valence-electron chi connectivity index (χ3n) is 3.19. The van der Waals surface area contributed by atoms with Crippen LogP contribution in [0.3, 0.4) is 0 Å². The highest BCUT2D eigenvalue weighted by molar-refractivity contribution is 7.22. The first kappa shape index (κ1) is 11.7. The molecule has 0 aliphatic carbocycles. The largest absolute Gasteiger partial charge is 0.368 e. The number of para-hydroxylation sites is 1. The minimum atomic E-state index is -0.280. The first-order chi connectivity index (χ1) is 8.66. The van der Waals surface area contributed by atoms with Crippen LogP contribution in [0.25, 0.3) is 10.2 Å². The second-order valence-electron chi connectivity index (χ2n) is 4.34. The summed E-state index contributed by atoms with van der Waals surface area (Å²) in [5.41, 5.74) is 6.22. The van der Waals surface area contributed by atoms with Crippen molar-refractivity contribution in [3.05, 3.63) is 23.2 Å². The van der Waals surface area contributed by atoms with Crippen LogP contribution >= 0.6 is 22.9 Å². The Balaban J connectivity index is 2.04.